The molecule has 0 aromatic carbocycles. The summed E-state index contributed by atoms with van der Waals surface area (Å²) in [6, 6.07) is -1.01. The summed E-state index contributed by atoms with van der Waals surface area (Å²) in [6.07, 6.45) is 4.71. The first-order valence-electron chi connectivity index (χ1n) is 6.81. The molecule has 6 nitrogen and oxygen atoms in total. The molecule has 0 amide bonds. The van der Waals surface area contributed by atoms with Crippen LogP contribution in [-0.4, -0.2) is 37.1 Å². The van der Waals surface area contributed by atoms with Crippen molar-refractivity contribution in [3.63, 3.8) is 0 Å². The molecule has 1 aliphatic rings. The molecule has 1 aromatic rings. The van der Waals surface area contributed by atoms with E-state index in [0.29, 0.717) is 5.82 Å². The van der Waals surface area contributed by atoms with E-state index in [0.717, 1.165) is 31.6 Å². The topological polar surface area (TPSA) is 88.2 Å². The molecular formula is C13H21N3O3. The molecule has 2 unspecified atom stereocenters. The van der Waals surface area contributed by atoms with E-state index in [1.807, 2.05) is 0 Å². The van der Waals surface area contributed by atoms with Crippen molar-refractivity contribution in [1.29, 1.82) is 0 Å². The highest BCUT2D eigenvalue weighted by Crippen LogP contribution is 2.35. The zero-order chi connectivity index (χ0) is 14.0. The number of carboxylic acid groups (broad SMARTS) is 1. The Balaban J connectivity index is 2.23. The number of aliphatic hydroxyl groups excluding tert-OH is 1. The molecule has 2 atom stereocenters. The molecule has 0 bridgehead atoms. The average molecular weight is 267 g/mol. The van der Waals surface area contributed by atoms with Crippen molar-refractivity contribution in [2.24, 2.45) is 5.92 Å². The maximum atomic E-state index is 11.3. The van der Waals surface area contributed by atoms with Crippen LogP contribution in [0.25, 0.3) is 0 Å². The maximum Gasteiger partial charge on any atom is 0.329 e. The highest BCUT2D eigenvalue weighted by Gasteiger charge is 2.31. The van der Waals surface area contributed by atoms with Gasteiger partial charge in [-0.15, -0.1) is 10.2 Å². The Labute approximate surface area is 112 Å². The minimum atomic E-state index is -1.06. The molecule has 0 radical (unpaired) electrons. The Bertz CT molecular complexity index is 436. The largest absolute Gasteiger partial charge is 0.480 e. The van der Waals surface area contributed by atoms with E-state index in [-0.39, 0.29) is 5.92 Å². The Kier molecular flexibility index (Phi) is 4.19. The molecule has 0 aliphatic heterocycles. The number of rotatable bonds is 4. The summed E-state index contributed by atoms with van der Waals surface area (Å²) in [7, 11) is 0. The Morgan fingerprint density at radius 1 is 1.42 bits per heavy atom. The van der Waals surface area contributed by atoms with Gasteiger partial charge in [0.2, 0.25) is 0 Å². The summed E-state index contributed by atoms with van der Waals surface area (Å²) in [5.41, 5.74) is 0. The van der Waals surface area contributed by atoms with Crippen LogP contribution >= 0.6 is 0 Å². The zero-order valence-corrected chi connectivity index (χ0v) is 11.4. The quantitative estimate of drug-likeness (QED) is 0.864. The van der Waals surface area contributed by atoms with Gasteiger partial charge in [-0.2, -0.15) is 0 Å². The summed E-state index contributed by atoms with van der Waals surface area (Å²) < 4.78 is 1.52. The van der Waals surface area contributed by atoms with E-state index in [4.69, 9.17) is 0 Å². The number of aliphatic hydroxyl groups is 1. The van der Waals surface area contributed by atoms with Gasteiger partial charge in [-0.3, -0.25) is 0 Å². The minimum Gasteiger partial charge on any atom is -0.480 e. The second kappa shape index (κ2) is 5.69. The van der Waals surface area contributed by atoms with Gasteiger partial charge in [0.05, 0.1) is 6.10 Å². The number of hydrogen-bond donors (Lipinski definition) is 2. The van der Waals surface area contributed by atoms with Crippen molar-refractivity contribution in [3.05, 3.63) is 12.2 Å². The molecule has 1 fully saturated rings. The molecule has 6 heteroatoms. The molecule has 1 aromatic heterocycles. The normalized spacial score (nSPS) is 26.9. The summed E-state index contributed by atoms with van der Waals surface area (Å²) >= 11 is 0. The maximum absolute atomic E-state index is 11.3. The minimum absolute atomic E-state index is 0.249. The molecule has 1 aliphatic carbocycles. The van der Waals surface area contributed by atoms with Crippen LogP contribution in [-0.2, 0) is 4.79 Å². The third kappa shape index (κ3) is 2.94. The van der Waals surface area contributed by atoms with E-state index in [2.05, 4.69) is 17.1 Å². The van der Waals surface area contributed by atoms with E-state index < -0.39 is 18.1 Å². The molecule has 0 saturated heterocycles. The third-order valence-corrected chi connectivity index (χ3v) is 3.99. The molecule has 1 heterocycles. The lowest BCUT2D eigenvalue weighted by molar-refractivity contribution is -0.144. The lowest BCUT2D eigenvalue weighted by Gasteiger charge is -2.27. The summed E-state index contributed by atoms with van der Waals surface area (Å²) in [5.74, 6) is 0.611. The van der Waals surface area contributed by atoms with Crippen molar-refractivity contribution in [3.8, 4) is 0 Å². The lowest BCUT2D eigenvalue weighted by Crippen LogP contribution is -2.31. The SMILES string of the molecule is CC1CCC(c2nncn2C(C(=O)O)C(C)O)CC1. The van der Waals surface area contributed by atoms with Gasteiger partial charge in [-0.05, 0) is 25.7 Å². The first kappa shape index (κ1) is 14.0. The zero-order valence-electron chi connectivity index (χ0n) is 11.4. The summed E-state index contributed by atoms with van der Waals surface area (Å²) in [6.45, 7) is 3.71. The van der Waals surface area contributed by atoms with Gasteiger partial charge in [0.15, 0.2) is 6.04 Å². The highest BCUT2D eigenvalue weighted by molar-refractivity contribution is 5.72. The van der Waals surface area contributed by atoms with Crippen LogP contribution in [0.15, 0.2) is 6.33 Å². The molecule has 0 spiro atoms. The average Bonchev–Trinajstić information content (AvgIpc) is 2.78. The monoisotopic (exact) mass is 267 g/mol. The molecule has 2 N–H and O–H groups in total. The van der Waals surface area contributed by atoms with Gasteiger partial charge in [-0.25, -0.2) is 4.79 Å². The fourth-order valence-electron chi connectivity index (χ4n) is 2.83. The van der Waals surface area contributed by atoms with Gasteiger partial charge in [0, 0.05) is 5.92 Å². The predicted octanol–water partition coefficient (Wildman–Crippen LogP) is 1.58. The smallest absolute Gasteiger partial charge is 0.329 e. The number of carboxylic acids is 1. The Hall–Kier alpha value is -1.43. The van der Waals surface area contributed by atoms with Crippen molar-refractivity contribution in [2.45, 2.75) is 57.6 Å². The third-order valence-electron chi connectivity index (χ3n) is 3.99. The Morgan fingerprint density at radius 2 is 2.05 bits per heavy atom. The van der Waals surface area contributed by atoms with Gasteiger partial charge >= 0.3 is 5.97 Å². The summed E-state index contributed by atoms with van der Waals surface area (Å²) in [4.78, 5) is 11.3. The van der Waals surface area contributed by atoms with Crippen molar-refractivity contribution in [2.75, 3.05) is 0 Å². The molecule has 2 rings (SSSR count). The van der Waals surface area contributed by atoms with E-state index in [1.54, 1.807) is 0 Å². The van der Waals surface area contributed by atoms with Crippen LogP contribution in [0.4, 0.5) is 0 Å². The van der Waals surface area contributed by atoms with E-state index >= 15 is 0 Å². The lowest BCUT2D eigenvalue weighted by atomic mass is 9.82. The van der Waals surface area contributed by atoms with Gasteiger partial charge < -0.3 is 14.8 Å². The van der Waals surface area contributed by atoms with Gasteiger partial charge in [0.1, 0.15) is 12.2 Å². The number of nitrogens with zero attached hydrogens (tertiary/aromatic N) is 3. The Morgan fingerprint density at radius 3 is 2.58 bits per heavy atom. The van der Waals surface area contributed by atoms with Crippen molar-refractivity contribution < 1.29 is 15.0 Å². The molecular weight excluding hydrogens is 246 g/mol. The first-order chi connectivity index (χ1) is 9.00. The number of carbonyl (C=O) groups is 1. The molecule has 19 heavy (non-hydrogen) atoms. The second-order valence-electron chi connectivity index (χ2n) is 5.58. The number of aromatic nitrogens is 3. The second-order valence-corrected chi connectivity index (χ2v) is 5.58. The van der Waals surface area contributed by atoms with Crippen LogP contribution < -0.4 is 0 Å². The highest BCUT2D eigenvalue weighted by atomic mass is 16.4. The van der Waals surface area contributed by atoms with Crippen LogP contribution in [0, 0.1) is 5.92 Å². The van der Waals surface area contributed by atoms with Gasteiger partial charge in [0.25, 0.3) is 0 Å². The van der Waals surface area contributed by atoms with Crippen LogP contribution in [0.1, 0.15) is 57.3 Å². The van der Waals surface area contributed by atoms with Crippen LogP contribution in [0.3, 0.4) is 0 Å². The number of hydrogen-bond acceptors (Lipinski definition) is 4. The number of aliphatic carboxylic acids is 1. The van der Waals surface area contributed by atoms with E-state index in [1.165, 1.54) is 17.8 Å². The van der Waals surface area contributed by atoms with E-state index in [9.17, 15) is 15.0 Å². The first-order valence-corrected chi connectivity index (χ1v) is 6.81. The molecule has 106 valence electrons. The standard InChI is InChI=1S/C13H21N3O3/c1-8-3-5-10(6-4-8)12-15-14-7-16(12)11(9(2)17)13(18)19/h7-11,17H,3-6H2,1-2H3,(H,18,19). The van der Waals surface area contributed by atoms with Crippen molar-refractivity contribution >= 4 is 5.97 Å². The summed E-state index contributed by atoms with van der Waals surface area (Å²) in [5, 5.41) is 26.8. The molecule has 1 saturated carbocycles. The fourth-order valence-corrected chi connectivity index (χ4v) is 2.83. The van der Waals surface area contributed by atoms with Crippen molar-refractivity contribution in [1.82, 2.24) is 14.8 Å². The van der Waals surface area contributed by atoms with Gasteiger partial charge in [-0.1, -0.05) is 19.8 Å². The predicted molar refractivity (Wildman–Crippen MR) is 68.7 cm³/mol. The fraction of sp³-hybridized carbons (Fsp3) is 0.769. The van der Waals surface area contributed by atoms with Crippen LogP contribution in [0.5, 0.6) is 0 Å². The van der Waals surface area contributed by atoms with Crippen LogP contribution in [0.2, 0.25) is 0 Å².